The zero-order chi connectivity index (χ0) is 19.3. The van der Waals surface area contributed by atoms with E-state index in [0.29, 0.717) is 16.4 Å². The average Bonchev–Trinajstić information content (AvgIpc) is 2.58. The number of hydrogen-bond acceptors (Lipinski definition) is 3. The molecule has 2 N–H and O–H groups in total. The number of hydrogen-bond donors (Lipinski definition) is 2. The zero-order valence-corrected chi connectivity index (χ0v) is 14.2. The molecule has 0 aliphatic carbocycles. The van der Waals surface area contributed by atoms with E-state index in [1.165, 1.54) is 12.1 Å². The zero-order valence-electron chi connectivity index (χ0n) is 13.5. The van der Waals surface area contributed by atoms with E-state index >= 15 is 0 Å². The lowest BCUT2D eigenvalue weighted by atomic mass is 10.2. The first-order chi connectivity index (χ1) is 12.2. The number of rotatable bonds is 4. The molecular weight excluding hydrogens is 367 g/mol. The van der Waals surface area contributed by atoms with Crippen LogP contribution in [0.3, 0.4) is 0 Å². The second kappa shape index (κ2) is 7.93. The molecular formula is C18H13ClF3N3O. The van der Waals surface area contributed by atoms with E-state index in [-0.39, 0.29) is 5.57 Å². The third kappa shape index (κ3) is 5.01. The van der Waals surface area contributed by atoms with Crippen molar-refractivity contribution in [3.63, 3.8) is 0 Å². The molecule has 2 rings (SSSR count). The smallest absolute Gasteiger partial charge is 0.360 e. The van der Waals surface area contributed by atoms with Gasteiger partial charge < -0.3 is 10.6 Å². The molecule has 0 unspecified atom stereocenters. The highest BCUT2D eigenvalue weighted by molar-refractivity contribution is 6.31. The number of carbonyl (C=O) groups excluding carboxylic acids is 1. The highest BCUT2D eigenvalue weighted by atomic mass is 35.5. The third-order valence-corrected chi connectivity index (χ3v) is 3.80. The minimum Gasteiger partial charge on any atom is -0.360 e. The van der Waals surface area contributed by atoms with Crippen LogP contribution in [0.2, 0.25) is 5.02 Å². The van der Waals surface area contributed by atoms with Crippen molar-refractivity contribution >= 4 is 28.9 Å². The summed E-state index contributed by atoms with van der Waals surface area (Å²) in [5.74, 6) is -0.674. The van der Waals surface area contributed by atoms with Gasteiger partial charge in [0.25, 0.3) is 5.91 Å². The number of nitrogens with zero attached hydrogens (tertiary/aromatic N) is 1. The summed E-state index contributed by atoms with van der Waals surface area (Å²) in [5.41, 5.74) is 0.519. The van der Waals surface area contributed by atoms with Gasteiger partial charge >= 0.3 is 6.18 Å². The van der Waals surface area contributed by atoms with Gasteiger partial charge in [0.2, 0.25) is 0 Å². The van der Waals surface area contributed by atoms with Crippen molar-refractivity contribution in [1.82, 2.24) is 0 Å². The second-order valence-electron chi connectivity index (χ2n) is 5.31. The molecule has 0 fully saturated rings. The van der Waals surface area contributed by atoms with Crippen molar-refractivity contribution in [1.29, 1.82) is 5.26 Å². The molecule has 1 amide bonds. The average molecular weight is 380 g/mol. The first kappa shape index (κ1) is 19.3. The van der Waals surface area contributed by atoms with Crippen LogP contribution in [0.5, 0.6) is 0 Å². The van der Waals surface area contributed by atoms with Crippen LogP contribution >= 0.6 is 11.6 Å². The van der Waals surface area contributed by atoms with Gasteiger partial charge in [-0.2, -0.15) is 18.4 Å². The van der Waals surface area contributed by atoms with E-state index in [2.05, 4.69) is 10.6 Å². The Morgan fingerprint density at radius 1 is 1.15 bits per heavy atom. The van der Waals surface area contributed by atoms with Crippen LogP contribution in [0.1, 0.15) is 11.1 Å². The highest BCUT2D eigenvalue weighted by Crippen LogP contribution is 2.29. The van der Waals surface area contributed by atoms with Gasteiger partial charge in [-0.3, -0.25) is 4.79 Å². The summed E-state index contributed by atoms with van der Waals surface area (Å²) in [5, 5.41) is 14.7. The van der Waals surface area contributed by atoms with Crippen molar-refractivity contribution in [3.8, 4) is 6.07 Å². The third-order valence-electron chi connectivity index (χ3n) is 3.39. The fourth-order valence-corrected chi connectivity index (χ4v) is 2.11. The van der Waals surface area contributed by atoms with E-state index in [0.717, 1.165) is 23.9 Å². The molecule has 2 aromatic rings. The topological polar surface area (TPSA) is 64.9 Å². The summed E-state index contributed by atoms with van der Waals surface area (Å²) in [7, 11) is 0. The summed E-state index contributed by atoms with van der Waals surface area (Å²) < 4.78 is 37.6. The maximum absolute atomic E-state index is 12.5. The maximum Gasteiger partial charge on any atom is 0.416 e. The molecule has 0 aliphatic heterocycles. The molecule has 26 heavy (non-hydrogen) atoms. The van der Waals surface area contributed by atoms with Crippen LogP contribution in [0.25, 0.3) is 0 Å². The van der Waals surface area contributed by atoms with E-state index in [1.807, 2.05) is 6.92 Å². The second-order valence-corrected chi connectivity index (χ2v) is 5.71. The number of halogens is 4. The molecule has 0 atom stereocenters. The largest absolute Gasteiger partial charge is 0.416 e. The van der Waals surface area contributed by atoms with Crippen LogP contribution in [0.4, 0.5) is 24.5 Å². The van der Waals surface area contributed by atoms with Gasteiger partial charge in [0.05, 0.1) is 5.56 Å². The van der Waals surface area contributed by atoms with Crippen LogP contribution < -0.4 is 10.6 Å². The predicted octanol–water partition coefficient (Wildman–Crippen LogP) is 5.13. The fraction of sp³-hybridized carbons (Fsp3) is 0.111. The summed E-state index contributed by atoms with van der Waals surface area (Å²) in [6.07, 6.45) is -3.31. The lowest BCUT2D eigenvalue weighted by Gasteiger charge is -2.08. The fourth-order valence-electron chi connectivity index (χ4n) is 1.93. The number of anilines is 2. The molecule has 4 nitrogen and oxygen atoms in total. The molecule has 0 saturated heterocycles. The van der Waals surface area contributed by atoms with Crippen molar-refractivity contribution < 1.29 is 18.0 Å². The molecule has 134 valence electrons. The minimum absolute atomic E-state index is 0.249. The van der Waals surface area contributed by atoms with Gasteiger partial charge in [0.15, 0.2) is 0 Å². The van der Waals surface area contributed by atoms with Crippen LogP contribution in [0, 0.1) is 18.3 Å². The minimum atomic E-state index is -4.43. The maximum atomic E-state index is 12.5. The molecule has 2 aromatic carbocycles. The number of carbonyl (C=O) groups is 1. The number of nitriles is 1. The van der Waals surface area contributed by atoms with Crippen molar-refractivity contribution in [2.45, 2.75) is 13.1 Å². The molecule has 0 bridgehead atoms. The Kier molecular flexibility index (Phi) is 5.90. The molecule has 8 heteroatoms. The molecule has 0 heterocycles. The Morgan fingerprint density at radius 2 is 1.77 bits per heavy atom. The van der Waals surface area contributed by atoms with Gasteiger partial charge in [0, 0.05) is 22.6 Å². The van der Waals surface area contributed by atoms with Gasteiger partial charge in [0.1, 0.15) is 11.6 Å². The Balaban J connectivity index is 2.08. The van der Waals surface area contributed by atoms with E-state index < -0.39 is 17.6 Å². The lowest BCUT2D eigenvalue weighted by Crippen LogP contribution is -2.14. The van der Waals surface area contributed by atoms with Gasteiger partial charge in [-0.05, 0) is 48.9 Å². The van der Waals surface area contributed by atoms with Crippen molar-refractivity contribution in [2.75, 3.05) is 10.6 Å². The van der Waals surface area contributed by atoms with Crippen molar-refractivity contribution in [3.05, 3.63) is 70.4 Å². The Morgan fingerprint density at radius 3 is 2.31 bits per heavy atom. The van der Waals surface area contributed by atoms with E-state index in [4.69, 9.17) is 16.9 Å². The standard InChI is InChI=1S/C18H13ClF3N3O/c1-11-2-5-15(8-16(11)19)25-17(26)12(9-23)10-24-14-6-3-13(4-7-14)18(20,21)22/h2-8,10,24H,1H3,(H,25,26)/b12-10-. The van der Waals surface area contributed by atoms with Gasteiger partial charge in [-0.25, -0.2) is 0 Å². The summed E-state index contributed by atoms with van der Waals surface area (Å²) >= 11 is 5.97. The molecule has 0 saturated carbocycles. The number of alkyl halides is 3. The SMILES string of the molecule is Cc1ccc(NC(=O)/C(C#N)=C\Nc2ccc(C(F)(F)F)cc2)cc1Cl. The number of amides is 1. The summed E-state index contributed by atoms with van der Waals surface area (Å²) in [6.45, 7) is 1.81. The Labute approximate surface area is 152 Å². The molecule has 0 spiro atoms. The number of nitrogens with one attached hydrogen (secondary N) is 2. The molecule has 0 aliphatic rings. The normalized spacial score (nSPS) is 11.6. The highest BCUT2D eigenvalue weighted by Gasteiger charge is 2.29. The quantitative estimate of drug-likeness (QED) is 0.572. The predicted molar refractivity (Wildman–Crippen MR) is 93.6 cm³/mol. The summed E-state index contributed by atoms with van der Waals surface area (Å²) in [6, 6.07) is 10.8. The number of aryl methyl sites for hydroxylation is 1. The van der Waals surface area contributed by atoms with Crippen LogP contribution in [-0.4, -0.2) is 5.91 Å². The Bertz CT molecular complexity index is 884. The van der Waals surface area contributed by atoms with Gasteiger partial charge in [-0.15, -0.1) is 0 Å². The van der Waals surface area contributed by atoms with Gasteiger partial charge in [-0.1, -0.05) is 17.7 Å². The van der Waals surface area contributed by atoms with E-state index in [9.17, 15) is 18.0 Å². The lowest BCUT2D eigenvalue weighted by molar-refractivity contribution is -0.137. The molecule has 0 radical (unpaired) electrons. The first-order valence-corrected chi connectivity index (χ1v) is 7.70. The Hall–Kier alpha value is -2.98. The summed E-state index contributed by atoms with van der Waals surface area (Å²) in [4.78, 5) is 12.1. The van der Waals surface area contributed by atoms with Crippen molar-refractivity contribution in [2.24, 2.45) is 0 Å². The van der Waals surface area contributed by atoms with Crippen LogP contribution in [-0.2, 0) is 11.0 Å². The number of benzene rings is 2. The van der Waals surface area contributed by atoms with E-state index in [1.54, 1.807) is 24.3 Å². The first-order valence-electron chi connectivity index (χ1n) is 7.32. The van der Waals surface area contributed by atoms with Crippen LogP contribution in [0.15, 0.2) is 54.2 Å². The monoisotopic (exact) mass is 379 g/mol. The molecule has 0 aromatic heterocycles.